The van der Waals surface area contributed by atoms with Crippen molar-refractivity contribution in [2.24, 2.45) is 11.8 Å². The number of hydrogen-bond acceptors (Lipinski definition) is 4. The first kappa shape index (κ1) is 30.2. The number of likely N-dealkylation sites (tertiary alicyclic amines) is 1. The van der Waals surface area contributed by atoms with Crippen LogP contribution in [-0.4, -0.2) is 68.8 Å². The molecule has 1 N–H and O–H groups in total. The molecule has 0 spiro atoms. The van der Waals surface area contributed by atoms with Gasteiger partial charge in [-0.05, 0) is 68.6 Å². The molecule has 3 atom stereocenters. The lowest BCUT2D eigenvalue weighted by Gasteiger charge is -2.37. The number of halogens is 1. The van der Waals surface area contributed by atoms with Gasteiger partial charge in [-0.1, -0.05) is 45.2 Å². The van der Waals surface area contributed by atoms with Crippen LogP contribution in [0.5, 0.6) is 0 Å². The van der Waals surface area contributed by atoms with Crippen molar-refractivity contribution in [3.8, 4) is 0 Å². The molecular formula is C33H46FN5O3. The zero-order valence-electron chi connectivity index (χ0n) is 25.2. The van der Waals surface area contributed by atoms with Gasteiger partial charge in [-0.2, -0.15) is 0 Å². The third kappa shape index (κ3) is 7.04. The fourth-order valence-corrected chi connectivity index (χ4v) is 6.79. The maximum absolute atomic E-state index is 14.2. The van der Waals surface area contributed by atoms with Crippen LogP contribution < -0.4 is 5.32 Å². The molecule has 0 unspecified atom stereocenters. The number of fused-ring (bicyclic) bond motifs is 1. The van der Waals surface area contributed by atoms with Gasteiger partial charge in [0.25, 0.3) is 5.91 Å². The summed E-state index contributed by atoms with van der Waals surface area (Å²) in [6.07, 6.45) is 12.0. The van der Waals surface area contributed by atoms with Crippen LogP contribution in [0.3, 0.4) is 0 Å². The highest BCUT2D eigenvalue weighted by atomic mass is 19.1. The third-order valence-corrected chi connectivity index (χ3v) is 9.58. The second-order valence-corrected chi connectivity index (χ2v) is 12.5. The van der Waals surface area contributed by atoms with Crippen LogP contribution in [0.2, 0.25) is 0 Å². The topological polar surface area (TPSA) is 87.5 Å². The second-order valence-electron chi connectivity index (χ2n) is 12.5. The molecule has 3 aliphatic rings. The number of rotatable bonds is 11. The minimum atomic E-state index is -0.521. The molecule has 5 rings (SSSR count). The normalized spacial score (nSPS) is 20.3. The largest absolute Gasteiger partial charge is 0.344 e. The molecule has 1 aliphatic carbocycles. The zero-order valence-corrected chi connectivity index (χ0v) is 25.2. The third-order valence-electron chi connectivity index (χ3n) is 9.58. The summed E-state index contributed by atoms with van der Waals surface area (Å²) in [7, 11) is 0. The van der Waals surface area contributed by atoms with E-state index in [0.29, 0.717) is 31.7 Å². The molecule has 9 heteroatoms. The number of hydrogen-bond donors (Lipinski definition) is 1. The van der Waals surface area contributed by atoms with Crippen molar-refractivity contribution in [3.63, 3.8) is 0 Å². The minimum Gasteiger partial charge on any atom is -0.344 e. The van der Waals surface area contributed by atoms with Crippen molar-refractivity contribution in [2.75, 3.05) is 19.6 Å². The molecule has 3 amide bonds. The highest BCUT2D eigenvalue weighted by Crippen LogP contribution is 2.30. The van der Waals surface area contributed by atoms with Crippen molar-refractivity contribution in [2.45, 2.75) is 103 Å². The van der Waals surface area contributed by atoms with E-state index in [1.807, 2.05) is 29.8 Å². The average Bonchev–Trinajstić information content (AvgIpc) is 3.75. The highest BCUT2D eigenvalue weighted by molar-refractivity contribution is 5.92. The summed E-state index contributed by atoms with van der Waals surface area (Å²) < 4.78 is 15.6. The second kappa shape index (κ2) is 13.8. The monoisotopic (exact) mass is 579 g/mol. The van der Waals surface area contributed by atoms with Gasteiger partial charge in [0.1, 0.15) is 23.4 Å². The van der Waals surface area contributed by atoms with Crippen LogP contribution in [0.15, 0.2) is 30.5 Å². The molecule has 2 aliphatic heterocycles. The molecule has 1 saturated heterocycles. The number of aryl methyl sites for hydroxylation is 2. The van der Waals surface area contributed by atoms with Crippen LogP contribution in [0.25, 0.3) is 0 Å². The number of amides is 3. The molecule has 2 aromatic rings. The van der Waals surface area contributed by atoms with Crippen LogP contribution in [0, 0.1) is 17.7 Å². The molecule has 228 valence electrons. The lowest BCUT2D eigenvalue weighted by molar-refractivity contribution is -0.140. The molecule has 1 saturated carbocycles. The van der Waals surface area contributed by atoms with Gasteiger partial charge in [0.15, 0.2) is 0 Å². The molecular weight excluding hydrogens is 533 g/mol. The van der Waals surface area contributed by atoms with E-state index in [1.165, 1.54) is 18.6 Å². The summed E-state index contributed by atoms with van der Waals surface area (Å²) in [5.74, 6) is 0.467. The lowest BCUT2D eigenvalue weighted by Crippen LogP contribution is -2.56. The Morgan fingerprint density at radius 3 is 2.52 bits per heavy atom. The predicted molar refractivity (Wildman–Crippen MR) is 159 cm³/mol. The van der Waals surface area contributed by atoms with Gasteiger partial charge in [0, 0.05) is 50.8 Å². The maximum atomic E-state index is 14.2. The van der Waals surface area contributed by atoms with E-state index in [-0.39, 0.29) is 41.4 Å². The fraction of sp³-hybridized carbons (Fsp3) is 0.636. The highest BCUT2D eigenvalue weighted by Gasteiger charge is 2.39. The minimum absolute atomic E-state index is 0.00652. The Kier molecular flexibility index (Phi) is 9.95. The summed E-state index contributed by atoms with van der Waals surface area (Å²) in [5.41, 5.74) is 1.39. The van der Waals surface area contributed by atoms with E-state index >= 15 is 0 Å². The first-order valence-corrected chi connectivity index (χ1v) is 16.0. The van der Waals surface area contributed by atoms with E-state index in [1.54, 1.807) is 12.1 Å². The van der Waals surface area contributed by atoms with Gasteiger partial charge in [-0.3, -0.25) is 14.4 Å². The molecule has 0 bridgehead atoms. The van der Waals surface area contributed by atoms with Gasteiger partial charge in [0.05, 0.1) is 0 Å². The van der Waals surface area contributed by atoms with Gasteiger partial charge in [-0.15, -0.1) is 0 Å². The zero-order chi connectivity index (χ0) is 29.6. The van der Waals surface area contributed by atoms with Crippen LogP contribution in [0.4, 0.5) is 4.39 Å². The van der Waals surface area contributed by atoms with Crippen LogP contribution in [-0.2, 0) is 29.0 Å². The van der Waals surface area contributed by atoms with Crippen molar-refractivity contribution in [1.82, 2.24) is 24.7 Å². The van der Waals surface area contributed by atoms with Crippen LogP contribution in [0.1, 0.15) is 93.5 Å². The van der Waals surface area contributed by atoms with E-state index in [0.717, 1.165) is 75.7 Å². The number of nitrogens with zero attached hydrogens (tertiary/aromatic N) is 4. The summed E-state index contributed by atoms with van der Waals surface area (Å²) in [5, 5.41) is 3.16. The molecule has 42 heavy (non-hydrogen) atoms. The Morgan fingerprint density at radius 1 is 1.05 bits per heavy atom. The average molecular weight is 580 g/mol. The summed E-state index contributed by atoms with van der Waals surface area (Å²) >= 11 is 0. The Bertz CT molecular complexity index is 1220. The first-order valence-electron chi connectivity index (χ1n) is 16.0. The SMILES string of the molecule is CC[C@@H](C)C(=O)N[C@H](C(=O)N1CCC[C@H]1CN(CCc1ccc(F)cc1)C(=O)c1cn2c(n1)CCC2)C1CCCCC1. The van der Waals surface area contributed by atoms with Crippen LogP contribution >= 0.6 is 0 Å². The Labute approximate surface area is 249 Å². The molecule has 1 aromatic heterocycles. The van der Waals surface area contributed by atoms with Crippen molar-refractivity contribution < 1.29 is 18.8 Å². The smallest absolute Gasteiger partial charge is 0.274 e. The summed E-state index contributed by atoms with van der Waals surface area (Å²) in [6.45, 7) is 6.26. The number of carbonyl (C=O) groups excluding carboxylic acids is 3. The Morgan fingerprint density at radius 2 is 1.81 bits per heavy atom. The van der Waals surface area contributed by atoms with Gasteiger partial charge >= 0.3 is 0 Å². The predicted octanol–water partition coefficient (Wildman–Crippen LogP) is 4.76. The number of benzene rings is 1. The molecule has 0 radical (unpaired) electrons. The van der Waals surface area contributed by atoms with Gasteiger partial charge in [-0.25, -0.2) is 9.37 Å². The maximum Gasteiger partial charge on any atom is 0.274 e. The lowest BCUT2D eigenvalue weighted by atomic mass is 9.83. The molecule has 8 nitrogen and oxygen atoms in total. The fourth-order valence-electron chi connectivity index (χ4n) is 6.79. The molecule has 3 heterocycles. The van der Waals surface area contributed by atoms with E-state index < -0.39 is 6.04 Å². The quantitative estimate of drug-likeness (QED) is 0.416. The van der Waals surface area contributed by atoms with E-state index in [4.69, 9.17) is 0 Å². The van der Waals surface area contributed by atoms with E-state index in [2.05, 4.69) is 14.9 Å². The first-order chi connectivity index (χ1) is 20.3. The number of nitrogens with one attached hydrogen (secondary N) is 1. The van der Waals surface area contributed by atoms with Crippen molar-refractivity contribution >= 4 is 17.7 Å². The number of aromatic nitrogens is 2. The Balaban J connectivity index is 1.34. The summed E-state index contributed by atoms with van der Waals surface area (Å²) in [6, 6.07) is 5.74. The van der Waals surface area contributed by atoms with Crippen molar-refractivity contribution in [3.05, 3.63) is 53.4 Å². The van der Waals surface area contributed by atoms with Gasteiger partial charge < -0.3 is 19.7 Å². The summed E-state index contributed by atoms with van der Waals surface area (Å²) in [4.78, 5) is 49.4. The van der Waals surface area contributed by atoms with Gasteiger partial charge in [0.2, 0.25) is 11.8 Å². The molecule has 2 fully saturated rings. The van der Waals surface area contributed by atoms with E-state index in [9.17, 15) is 18.8 Å². The number of carbonyl (C=O) groups is 3. The molecule has 1 aromatic carbocycles. The Hall–Kier alpha value is -3.23. The number of imidazole rings is 1. The standard InChI is InChI=1S/C33H46FN5O3/c1-3-23(2)31(40)36-30(25-9-5-4-6-10-25)33(42)39-19-7-11-27(39)21-38(20-17-24-13-15-26(34)16-14-24)32(41)28-22-37-18-8-12-29(37)35-28/h13-16,22-23,25,27,30H,3-12,17-21H2,1-2H3,(H,36,40)/t23-,27+,30+/m1/s1. The van der Waals surface area contributed by atoms with Crippen molar-refractivity contribution in [1.29, 1.82) is 0 Å².